The third kappa shape index (κ3) is 3.87. The van der Waals surface area contributed by atoms with E-state index in [0.29, 0.717) is 12.2 Å². The molecule has 0 heterocycles. The first kappa shape index (κ1) is 15.9. The highest BCUT2D eigenvalue weighted by molar-refractivity contribution is 5.82. The van der Waals surface area contributed by atoms with Crippen molar-refractivity contribution in [3.63, 3.8) is 0 Å². The van der Waals surface area contributed by atoms with Crippen LogP contribution in [0.25, 0.3) is 0 Å². The molecule has 3 atom stereocenters. The van der Waals surface area contributed by atoms with Gasteiger partial charge in [0.15, 0.2) is 0 Å². The number of carbonyl (C=O) groups is 1. The van der Waals surface area contributed by atoms with Gasteiger partial charge in [0.25, 0.3) is 0 Å². The fourth-order valence-corrected chi connectivity index (χ4v) is 3.42. The number of hydrogen-bond donors (Lipinski definition) is 2. The van der Waals surface area contributed by atoms with Crippen molar-refractivity contribution < 1.29 is 4.79 Å². The second-order valence-electron chi connectivity index (χ2n) is 6.26. The van der Waals surface area contributed by atoms with Gasteiger partial charge in [-0.1, -0.05) is 67.1 Å². The summed E-state index contributed by atoms with van der Waals surface area (Å²) >= 11 is 0. The number of nitrogens with one attached hydrogen (secondary N) is 1. The van der Waals surface area contributed by atoms with Gasteiger partial charge in [-0.05, 0) is 24.0 Å². The lowest BCUT2D eigenvalue weighted by Gasteiger charge is -2.32. The number of ketones is 1. The van der Waals surface area contributed by atoms with E-state index in [1.807, 2.05) is 48.5 Å². The average Bonchev–Trinajstić information content (AvgIpc) is 2.62. The Kier molecular flexibility index (Phi) is 5.21. The molecule has 0 spiro atoms. The molecule has 1 aliphatic carbocycles. The van der Waals surface area contributed by atoms with Crippen LogP contribution in [-0.2, 0) is 4.79 Å². The van der Waals surface area contributed by atoms with Gasteiger partial charge in [0.2, 0.25) is 0 Å². The molecule has 0 amide bonds. The predicted molar refractivity (Wildman–Crippen MR) is 92.7 cm³/mol. The summed E-state index contributed by atoms with van der Waals surface area (Å²) in [6, 6.07) is 20.2. The van der Waals surface area contributed by atoms with Gasteiger partial charge in [-0.2, -0.15) is 0 Å². The Hall–Kier alpha value is -1.97. The van der Waals surface area contributed by atoms with Crippen molar-refractivity contribution in [2.75, 3.05) is 0 Å². The molecule has 1 saturated carbocycles. The second kappa shape index (κ2) is 7.53. The Balaban J connectivity index is 1.85. The van der Waals surface area contributed by atoms with Crippen LogP contribution in [-0.4, -0.2) is 5.78 Å². The van der Waals surface area contributed by atoms with Gasteiger partial charge in [0.1, 0.15) is 5.78 Å². The van der Waals surface area contributed by atoms with Crippen LogP contribution in [0.3, 0.4) is 0 Å². The lowest BCUT2D eigenvalue weighted by Crippen LogP contribution is -2.39. The van der Waals surface area contributed by atoms with Gasteiger partial charge in [-0.25, -0.2) is 0 Å². The number of rotatable bonds is 5. The SMILES string of the molecule is NC(NC(c1ccccc1)C1CCCCC1=O)c1ccccc1. The lowest BCUT2D eigenvalue weighted by atomic mass is 9.80. The largest absolute Gasteiger partial charge is 0.312 e. The van der Waals surface area contributed by atoms with Crippen LogP contribution in [0.4, 0.5) is 0 Å². The van der Waals surface area contributed by atoms with E-state index >= 15 is 0 Å². The summed E-state index contributed by atoms with van der Waals surface area (Å²) in [6.07, 6.45) is 3.48. The molecule has 1 fully saturated rings. The van der Waals surface area contributed by atoms with Crippen molar-refractivity contribution >= 4 is 5.78 Å². The van der Waals surface area contributed by atoms with Crippen LogP contribution >= 0.6 is 0 Å². The molecule has 0 saturated heterocycles. The van der Waals surface area contributed by atoms with Crippen LogP contribution in [0.15, 0.2) is 60.7 Å². The Bertz CT molecular complexity index is 627. The number of carbonyl (C=O) groups excluding carboxylic acids is 1. The first-order chi connectivity index (χ1) is 11.3. The highest BCUT2D eigenvalue weighted by atomic mass is 16.1. The molecule has 3 nitrogen and oxygen atoms in total. The quantitative estimate of drug-likeness (QED) is 0.827. The Morgan fingerprint density at radius 1 is 0.913 bits per heavy atom. The molecule has 0 radical (unpaired) electrons. The van der Waals surface area contributed by atoms with Crippen LogP contribution < -0.4 is 11.1 Å². The van der Waals surface area contributed by atoms with E-state index in [-0.39, 0.29) is 18.1 Å². The molecule has 120 valence electrons. The van der Waals surface area contributed by atoms with Gasteiger partial charge < -0.3 is 5.73 Å². The molecule has 2 aromatic rings. The van der Waals surface area contributed by atoms with E-state index in [1.54, 1.807) is 0 Å². The molecule has 3 N–H and O–H groups in total. The Morgan fingerprint density at radius 3 is 2.13 bits per heavy atom. The maximum absolute atomic E-state index is 12.4. The van der Waals surface area contributed by atoms with Crippen molar-refractivity contribution in [2.24, 2.45) is 11.7 Å². The third-order valence-electron chi connectivity index (χ3n) is 4.68. The molecule has 3 heteroatoms. The second-order valence-corrected chi connectivity index (χ2v) is 6.26. The summed E-state index contributed by atoms with van der Waals surface area (Å²) < 4.78 is 0. The molecule has 0 bridgehead atoms. The molecule has 23 heavy (non-hydrogen) atoms. The van der Waals surface area contributed by atoms with Crippen molar-refractivity contribution in [1.29, 1.82) is 0 Å². The first-order valence-electron chi connectivity index (χ1n) is 8.40. The van der Waals surface area contributed by atoms with Crippen LogP contribution in [0.2, 0.25) is 0 Å². The van der Waals surface area contributed by atoms with Crippen molar-refractivity contribution in [2.45, 2.75) is 37.9 Å². The topological polar surface area (TPSA) is 55.1 Å². The lowest BCUT2D eigenvalue weighted by molar-refractivity contribution is -0.125. The summed E-state index contributed by atoms with van der Waals surface area (Å²) in [5, 5.41) is 3.51. The normalized spacial score (nSPS) is 20.9. The van der Waals surface area contributed by atoms with E-state index in [0.717, 1.165) is 30.4 Å². The van der Waals surface area contributed by atoms with E-state index in [2.05, 4.69) is 17.4 Å². The number of hydrogen-bond acceptors (Lipinski definition) is 3. The molecular formula is C20H24N2O. The van der Waals surface area contributed by atoms with E-state index < -0.39 is 0 Å². The van der Waals surface area contributed by atoms with E-state index in [4.69, 9.17) is 5.73 Å². The zero-order valence-electron chi connectivity index (χ0n) is 13.3. The number of Topliss-reactive ketones (excluding diaryl/α,β-unsaturated/α-hetero) is 1. The monoisotopic (exact) mass is 308 g/mol. The maximum atomic E-state index is 12.4. The summed E-state index contributed by atoms with van der Waals surface area (Å²) in [5.74, 6) is 0.374. The van der Waals surface area contributed by atoms with E-state index in [1.165, 1.54) is 0 Å². The van der Waals surface area contributed by atoms with Crippen LogP contribution in [0.5, 0.6) is 0 Å². The number of benzene rings is 2. The van der Waals surface area contributed by atoms with Gasteiger partial charge >= 0.3 is 0 Å². The van der Waals surface area contributed by atoms with Crippen molar-refractivity contribution in [1.82, 2.24) is 5.32 Å². The summed E-state index contributed by atoms with van der Waals surface area (Å²) in [7, 11) is 0. The highest BCUT2D eigenvalue weighted by Crippen LogP contribution is 2.33. The summed E-state index contributed by atoms with van der Waals surface area (Å²) in [4.78, 5) is 12.4. The van der Waals surface area contributed by atoms with Gasteiger partial charge in [0.05, 0.1) is 6.17 Å². The minimum atomic E-state index is -0.281. The molecule has 3 unspecified atom stereocenters. The summed E-state index contributed by atoms with van der Waals surface area (Å²) in [6.45, 7) is 0. The van der Waals surface area contributed by atoms with Crippen molar-refractivity contribution in [3.8, 4) is 0 Å². The fourth-order valence-electron chi connectivity index (χ4n) is 3.42. The molecule has 1 aliphatic rings. The molecular weight excluding hydrogens is 284 g/mol. The Labute approximate surface area is 137 Å². The zero-order valence-corrected chi connectivity index (χ0v) is 13.3. The smallest absolute Gasteiger partial charge is 0.137 e. The van der Waals surface area contributed by atoms with Gasteiger partial charge in [-0.3, -0.25) is 10.1 Å². The average molecular weight is 308 g/mol. The molecule has 2 aromatic carbocycles. The minimum Gasteiger partial charge on any atom is -0.312 e. The fraction of sp³-hybridized carbons (Fsp3) is 0.350. The van der Waals surface area contributed by atoms with Crippen LogP contribution in [0.1, 0.15) is 49.0 Å². The third-order valence-corrected chi connectivity index (χ3v) is 4.68. The Morgan fingerprint density at radius 2 is 1.52 bits per heavy atom. The maximum Gasteiger partial charge on any atom is 0.137 e. The standard InChI is InChI=1S/C20H24N2O/c21-20(16-11-5-2-6-12-16)22-19(15-9-3-1-4-10-15)17-13-7-8-14-18(17)23/h1-6,9-12,17,19-20,22H,7-8,13-14,21H2. The van der Waals surface area contributed by atoms with Crippen LogP contribution in [0, 0.1) is 5.92 Å². The van der Waals surface area contributed by atoms with E-state index in [9.17, 15) is 4.79 Å². The molecule has 0 aliphatic heterocycles. The zero-order chi connectivity index (χ0) is 16.1. The van der Waals surface area contributed by atoms with Crippen molar-refractivity contribution in [3.05, 3.63) is 71.8 Å². The predicted octanol–water partition coefficient (Wildman–Crippen LogP) is 3.73. The minimum absolute atomic E-state index is 0.0147. The number of nitrogens with two attached hydrogens (primary N) is 1. The van der Waals surface area contributed by atoms with Gasteiger partial charge in [-0.15, -0.1) is 0 Å². The summed E-state index contributed by atoms with van der Waals surface area (Å²) in [5.41, 5.74) is 8.54. The molecule has 0 aromatic heterocycles. The highest BCUT2D eigenvalue weighted by Gasteiger charge is 2.32. The first-order valence-corrected chi connectivity index (χ1v) is 8.40. The molecule has 3 rings (SSSR count). The van der Waals surface area contributed by atoms with Gasteiger partial charge in [0, 0.05) is 18.4 Å².